The summed E-state index contributed by atoms with van der Waals surface area (Å²) in [6.45, 7) is 3.72. The second-order valence-electron chi connectivity index (χ2n) is 9.45. The van der Waals surface area contributed by atoms with E-state index in [0.717, 1.165) is 44.1 Å². The van der Waals surface area contributed by atoms with Gasteiger partial charge in [-0.3, -0.25) is 9.59 Å². The van der Waals surface area contributed by atoms with Crippen molar-refractivity contribution in [2.75, 3.05) is 13.2 Å². The SMILES string of the molecule is C=CCCC(=O)N(C1CCCCCC1)[C@@H]1C=C(C(=O)NCCO)[C@@H]2c3ccccc3O[C@@H]2[C@H]1O. The minimum absolute atomic E-state index is 0.0118. The van der Waals surface area contributed by atoms with Crippen molar-refractivity contribution in [3.8, 4) is 5.75 Å². The van der Waals surface area contributed by atoms with Crippen molar-refractivity contribution in [2.24, 2.45) is 0 Å². The van der Waals surface area contributed by atoms with E-state index in [4.69, 9.17) is 4.74 Å². The number of carbonyl (C=O) groups is 2. The van der Waals surface area contributed by atoms with Crippen molar-refractivity contribution in [1.29, 1.82) is 0 Å². The van der Waals surface area contributed by atoms with Crippen molar-refractivity contribution in [2.45, 2.75) is 81.6 Å². The standard InChI is InChI=1S/C27H36N2O5/c1-2-3-14-23(31)29(18-10-6-4-5-7-11-18)21-17-20(27(33)28-15-16-30)24-19-12-8-9-13-22(19)34-26(24)25(21)32/h2,8-9,12-13,17-18,21,24-26,30,32H,1,3-7,10-11,14-16H2,(H,28,33)/t21-,24+,25+,26+/m1/s1. The van der Waals surface area contributed by atoms with E-state index >= 15 is 0 Å². The second kappa shape index (κ2) is 11.2. The van der Waals surface area contributed by atoms with Gasteiger partial charge in [0.05, 0.1) is 18.6 Å². The first kappa shape index (κ1) is 24.5. The number of benzene rings is 1. The van der Waals surface area contributed by atoms with Crippen LogP contribution in [0.1, 0.15) is 62.8 Å². The van der Waals surface area contributed by atoms with Crippen molar-refractivity contribution < 1.29 is 24.5 Å². The van der Waals surface area contributed by atoms with Crippen molar-refractivity contribution in [3.63, 3.8) is 0 Å². The molecule has 2 aliphatic carbocycles. The van der Waals surface area contributed by atoms with Gasteiger partial charge in [0, 0.05) is 30.1 Å². The lowest BCUT2D eigenvalue weighted by Crippen LogP contribution is -2.58. The number of aliphatic hydroxyl groups is 2. The number of ether oxygens (including phenoxy) is 1. The number of hydrogen-bond donors (Lipinski definition) is 3. The van der Waals surface area contributed by atoms with Crippen LogP contribution in [0.3, 0.4) is 0 Å². The van der Waals surface area contributed by atoms with E-state index in [1.165, 1.54) is 0 Å². The third-order valence-corrected chi connectivity index (χ3v) is 7.27. The number of allylic oxidation sites excluding steroid dienone is 1. The summed E-state index contributed by atoms with van der Waals surface area (Å²) in [6, 6.07) is 6.87. The Labute approximate surface area is 201 Å². The van der Waals surface area contributed by atoms with Crippen LogP contribution in [-0.2, 0) is 9.59 Å². The third kappa shape index (κ3) is 4.91. The molecule has 3 aliphatic rings. The molecule has 7 nitrogen and oxygen atoms in total. The molecule has 2 amide bonds. The molecule has 0 saturated heterocycles. The summed E-state index contributed by atoms with van der Waals surface area (Å²) in [7, 11) is 0. The lowest BCUT2D eigenvalue weighted by Gasteiger charge is -2.44. The molecule has 34 heavy (non-hydrogen) atoms. The molecule has 0 spiro atoms. The Kier molecular flexibility index (Phi) is 8.06. The molecule has 1 aromatic rings. The molecule has 0 aromatic heterocycles. The second-order valence-corrected chi connectivity index (χ2v) is 9.45. The van der Waals surface area contributed by atoms with Gasteiger partial charge in [0.15, 0.2) is 0 Å². The van der Waals surface area contributed by atoms with Gasteiger partial charge in [0.25, 0.3) is 0 Å². The molecule has 1 fully saturated rings. The minimum atomic E-state index is -0.970. The first-order chi connectivity index (χ1) is 16.6. The van der Waals surface area contributed by atoms with Crippen LogP contribution < -0.4 is 10.1 Å². The van der Waals surface area contributed by atoms with Gasteiger partial charge in [-0.1, -0.05) is 50.0 Å². The van der Waals surface area contributed by atoms with E-state index in [2.05, 4.69) is 11.9 Å². The normalized spacial score (nSPS) is 26.4. The van der Waals surface area contributed by atoms with Crippen LogP contribution in [0.5, 0.6) is 5.75 Å². The molecule has 1 heterocycles. The van der Waals surface area contributed by atoms with E-state index in [-0.39, 0.29) is 31.0 Å². The van der Waals surface area contributed by atoms with Crippen molar-refractivity contribution in [1.82, 2.24) is 10.2 Å². The molecular formula is C27H36N2O5. The molecule has 7 heteroatoms. The average Bonchev–Trinajstić information content (AvgIpc) is 3.04. The van der Waals surface area contributed by atoms with Crippen LogP contribution >= 0.6 is 0 Å². The average molecular weight is 469 g/mol. The number of aliphatic hydroxyl groups excluding tert-OH is 2. The van der Waals surface area contributed by atoms with E-state index < -0.39 is 24.2 Å². The van der Waals surface area contributed by atoms with E-state index in [9.17, 15) is 19.8 Å². The molecule has 1 aromatic carbocycles. The molecule has 1 aliphatic heterocycles. The van der Waals surface area contributed by atoms with Crippen LogP contribution in [0.4, 0.5) is 0 Å². The van der Waals surface area contributed by atoms with E-state index in [0.29, 0.717) is 24.2 Å². The maximum Gasteiger partial charge on any atom is 0.247 e. The Hall–Kier alpha value is -2.64. The zero-order valence-electron chi connectivity index (χ0n) is 19.7. The van der Waals surface area contributed by atoms with E-state index in [1.807, 2.05) is 29.2 Å². The summed E-state index contributed by atoms with van der Waals surface area (Å²) < 4.78 is 6.19. The predicted octanol–water partition coefficient (Wildman–Crippen LogP) is 2.83. The highest BCUT2D eigenvalue weighted by Gasteiger charge is 2.51. The first-order valence-corrected chi connectivity index (χ1v) is 12.5. The smallest absolute Gasteiger partial charge is 0.247 e. The molecular weight excluding hydrogens is 432 g/mol. The van der Waals surface area contributed by atoms with Gasteiger partial charge in [-0.15, -0.1) is 6.58 Å². The number of rotatable bonds is 8. The molecule has 0 bridgehead atoms. The lowest BCUT2D eigenvalue weighted by atomic mass is 9.77. The number of hydrogen-bond acceptors (Lipinski definition) is 5. The Morgan fingerprint density at radius 3 is 2.62 bits per heavy atom. The molecule has 0 radical (unpaired) electrons. The Balaban J connectivity index is 1.74. The molecule has 4 rings (SSSR count). The van der Waals surface area contributed by atoms with Crippen LogP contribution in [0.2, 0.25) is 0 Å². The number of amides is 2. The fraction of sp³-hybridized carbons (Fsp3) is 0.556. The summed E-state index contributed by atoms with van der Waals surface area (Å²) in [5, 5.41) is 23.6. The maximum absolute atomic E-state index is 13.5. The summed E-state index contributed by atoms with van der Waals surface area (Å²) >= 11 is 0. The Morgan fingerprint density at radius 1 is 1.18 bits per heavy atom. The van der Waals surface area contributed by atoms with Gasteiger partial charge in [-0.25, -0.2) is 0 Å². The van der Waals surface area contributed by atoms with Crippen LogP contribution in [-0.4, -0.2) is 64.4 Å². The van der Waals surface area contributed by atoms with E-state index in [1.54, 1.807) is 12.2 Å². The zero-order valence-corrected chi connectivity index (χ0v) is 19.7. The van der Waals surface area contributed by atoms with Gasteiger partial charge in [-0.2, -0.15) is 0 Å². The number of nitrogens with zero attached hydrogens (tertiary/aromatic N) is 1. The summed E-state index contributed by atoms with van der Waals surface area (Å²) in [6.07, 6.45) is 8.91. The minimum Gasteiger partial charge on any atom is -0.486 e. The monoisotopic (exact) mass is 468 g/mol. The van der Waals surface area contributed by atoms with Crippen molar-refractivity contribution >= 4 is 11.8 Å². The summed E-state index contributed by atoms with van der Waals surface area (Å²) in [5.74, 6) is -0.116. The molecule has 184 valence electrons. The summed E-state index contributed by atoms with van der Waals surface area (Å²) in [5.41, 5.74) is 1.34. The Bertz CT molecular complexity index is 921. The topological polar surface area (TPSA) is 99.1 Å². The quantitative estimate of drug-likeness (QED) is 0.403. The summed E-state index contributed by atoms with van der Waals surface area (Å²) in [4.78, 5) is 28.5. The highest BCUT2D eigenvalue weighted by Crippen LogP contribution is 2.47. The number of carbonyl (C=O) groups excluding carboxylic acids is 2. The number of fused-ring (bicyclic) bond motifs is 3. The molecule has 4 atom stereocenters. The largest absolute Gasteiger partial charge is 0.486 e. The number of para-hydroxylation sites is 1. The first-order valence-electron chi connectivity index (χ1n) is 12.5. The molecule has 0 unspecified atom stereocenters. The van der Waals surface area contributed by atoms with Crippen LogP contribution in [0.25, 0.3) is 0 Å². The maximum atomic E-state index is 13.5. The van der Waals surface area contributed by atoms with Gasteiger partial charge < -0.3 is 25.2 Å². The predicted molar refractivity (Wildman–Crippen MR) is 129 cm³/mol. The molecule has 3 N–H and O–H groups in total. The fourth-order valence-corrected chi connectivity index (χ4v) is 5.67. The zero-order chi connectivity index (χ0) is 24.1. The van der Waals surface area contributed by atoms with Crippen molar-refractivity contribution in [3.05, 3.63) is 54.1 Å². The highest BCUT2D eigenvalue weighted by molar-refractivity contribution is 5.96. The third-order valence-electron chi connectivity index (χ3n) is 7.27. The van der Waals surface area contributed by atoms with Crippen LogP contribution in [0, 0.1) is 0 Å². The van der Waals surface area contributed by atoms with Gasteiger partial charge >= 0.3 is 0 Å². The lowest BCUT2D eigenvalue weighted by molar-refractivity contribution is -0.140. The Morgan fingerprint density at radius 2 is 1.91 bits per heavy atom. The van der Waals surface area contributed by atoms with Gasteiger partial charge in [-0.05, 0) is 31.4 Å². The van der Waals surface area contributed by atoms with Crippen LogP contribution in [0.15, 0.2) is 48.6 Å². The fourth-order valence-electron chi connectivity index (χ4n) is 5.67. The van der Waals surface area contributed by atoms with Gasteiger partial charge in [0.2, 0.25) is 11.8 Å². The molecule has 1 saturated carbocycles. The van der Waals surface area contributed by atoms with Gasteiger partial charge in [0.1, 0.15) is 18.0 Å². The number of nitrogens with one attached hydrogen (secondary N) is 1. The highest BCUT2D eigenvalue weighted by atomic mass is 16.5.